The van der Waals surface area contributed by atoms with E-state index in [9.17, 15) is 9.59 Å². The number of hydrogen-bond donors (Lipinski definition) is 2. The summed E-state index contributed by atoms with van der Waals surface area (Å²) in [6.07, 6.45) is 1.19. The van der Waals surface area contributed by atoms with E-state index >= 15 is 0 Å². The van der Waals surface area contributed by atoms with Crippen molar-refractivity contribution in [2.45, 2.75) is 31.2 Å². The number of nitrogens with one attached hydrogen (secondary N) is 1. The third-order valence-corrected chi connectivity index (χ3v) is 4.54. The zero-order valence-corrected chi connectivity index (χ0v) is 12.4. The van der Waals surface area contributed by atoms with E-state index in [2.05, 4.69) is 5.32 Å². The van der Waals surface area contributed by atoms with Crippen LogP contribution in [0.4, 0.5) is 0 Å². The van der Waals surface area contributed by atoms with Gasteiger partial charge in [-0.25, -0.2) is 0 Å². The number of aliphatic carboxylic acids is 1. The average molecular weight is 318 g/mol. The second-order valence-electron chi connectivity index (χ2n) is 4.89. The van der Waals surface area contributed by atoms with E-state index in [0.717, 1.165) is 4.88 Å². The van der Waals surface area contributed by atoms with Crippen LogP contribution in [0.5, 0.6) is 0 Å². The number of ether oxygens (including phenoxy) is 1. The van der Waals surface area contributed by atoms with E-state index < -0.39 is 11.5 Å². The number of carboxylic acids is 1. The van der Waals surface area contributed by atoms with E-state index in [1.54, 1.807) is 12.1 Å². The van der Waals surface area contributed by atoms with Crippen LogP contribution in [0.1, 0.15) is 24.1 Å². The average Bonchev–Trinajstić information content (AvgIpc) is 2.74. The van der Waals surface area contributed by atoms with E-state index in [4.69, 9.17) is 21.4 Å². The fourth-order valence-electron chi connectivity index (χ4n) is 2.34. The molecular weight excluding hydrogens is 302 g/mol. The molecule has 2 heterocycles. The Labute approximate surface area is 125 Å². The topological polar surface area (TPSA) is 75.6 Å². The molecule has 2 rings (SSSR count). The van der Waals surface area contributed by atoms with Gasteiger partial charge in [-0.3, -0.25) is 9.59 Å². The SMILES string of the molecule is O=C(O)CC1(NC(=O)Cc2ccc(Cl)s2)CCOCC1. The molecule has 0 spiro atoms. The number of carbonyl (C=O) groups excluding carboxylic acids is 1. The number of thiophene rings is 1. The smallest absolute Gasteiger partial charge is 0.305 e. The molecule has 0 aliphatic carbocycles. The molecule has 1 aliphatic heterocycles. The van der Waals surface area contributed by atoms with Crippen molar-refractivity contribution in [2.75, 3.05) is 13.2 Å². The highest BCUT2D eigenvalue weighted by atomic mass is 35.5. The number of carboxylic acid groups (broad SMARTS) is 1. The number of carbonyl (C=O) groups is 2. The Kier molecular flexibility index (Phi) is 5.01. The Hall–Kier alpha value is -1.11. The molecule has 7 heteroatoms. The van der Waals surface area contributed by atoms with E-state index in [-0.39, 0.29) is 18.7 Å². The first-order chi connectivity index (χ1) is 9.49. The Bertz CT molecular complexity index is 496. The van der Waals surface area contributed by atoms with Gasteiger partial charge in [-0.05, 0) is 25.0 Å². The third-order valence-electron chi connectivity index (χ3n) is 3.31. The summed E-state index contributed by atoms with van der Waals surface area (Å²) in [5.41, 5.74) is -0.692. The minimum Gasteiger partial charge on any atom is -0.481 e. The van der Waals surface area contributed by atoms with Crippen molar-refractivity contribution in [1.82, 2.24) is 5.32 Å². The van der Waals surface area contributed by atoms with Gasteiger partial charge >= 0.3 is 5.97 Å². The Balaban J connectivity index is 1.99. The zero-order valence-electron chi connectivity index (χ0n) is 10.9. The van der Waals surface area contributed by atoms with Crippen LogP contribution >= 0.6 is 22.9 Å². The molecule has 1 aliphatic rings. The van der Waals surface area contributed by atoms with Crippen LogP contribution in [-0.2, 0) is 20.7 Å². The van der Waals surface area contributed by atoms with Crippen molar-refractivity contribution >= 4 is 34.8 Å². The summed E-state index contributed by atoms with van der Waals surface area (Å²) in [5, 5.41) is 11.9. The fourth-order valence-corrected chi connectivity index (χ4v) is 3.43. The van der Waals surface area contributed by atoms with Crippen LogP contribution in [0.3, 0.4) is 0 Å². The van der Waals surface area contributed by atoms with Gasteiger partial charge < -0.3 is 15.2 Å². The minimum absolute atomic E-state index is 0.0761. The van der Waals surface area contributed by atoms with Crippen LogP contribution in [0.25, 0.3) is 0 Å². The van der Waals surface area contributed by atoms with Crippen LogP contribution in [-0.4, -0.2) is 35.7 Å². The molecule has 2 N–H and O–H groups in total. The summed E-state index contributed by atoms with van der Waals surface area (Å²) in [7, 11) is 0. The molecule has 1 aromatic rings. The molecule has 0 atom stereocenters. The van der Waals surface area contributed by atoms with Gasteiger partial charge in [0.25, 0.3) is 0 Å². The lowest BCUT2D eigenvalue weighted by molar-refractivity contribution is -0.140. The molecular formula is C13H16ClNO4S. The molecule has 110 valence electrons. The quantitative estimate of drug-likeness (QED) is 0.872. The van der Waals surface area contributed by atoms with E-state index in [1.807, 2.05) is 0 Å². The van der Waals surface area contributed by atoms with Gasteiger partial charge in [0.15, 0.2) is 0 Å². The number of rotatable bonds is 5. The maximum atomic E-state index is 12.1. The lowest BCUT2D eigenvalue weighted by atomic mass is 9.86. The van der Waals surface area contributed by atoms with Gasteiger partial charge in [-0.15, -0.1) is 11.3 Å². The van der Waals surface area contributed by atoms with Gasteiger partial charge in [0, 0.05) is 18.1 Å². The summed E-state index contributed by atoms with van der Waals surface area (Å²) < 4.78 is 5.89. The summed E-state index contributed by atoms with van der Waals surface area (Å²) in [6.45, 7) is 0.941. The minimum atomic E-state index is -0.911. The highest BCUT2D eigenvalue weighted by Crippen LogP contribution is 2.26. The van der Waals surface area contributed by atoms with Crippen LogP contribution < -0.4 is 5.32 Å². The fraction of sp³-hybridized carbons (Fsp3) is 0.538. The monoisotopic (exact) mass is 317 g/mol. The Morgan fingerprint density at radius 1 is 1.40 bits per heavy atom. The number of halogens is 1. The largest absolute Gasteiger partial charge is 0.481 e. The maximum Gasteiger partial charge on any atom is 0.305 e. The van der Waals surface area contributed by atoms with Gasteiger partial charge in [0.2, 0.25) is 5.91 Å². The van der Waals surface area contributed by atoms with E-state index in [1.165, 1.54) is 11.3 Å². The number of amides is 1. The summed E-state index contributed by atoms with van der Waals surface area (Å²) in [6, 6.07) is 3.55. The predicted molar refractivity (Wildman–Crippen MR) is 76.2 cm³/mol. The molecule has 20 heavy (non-hydrogen) atoms. The highest BCUT2D eigenvalue weighted by molar-refractivity contribution is 7.16. The third kappa shape index (κ3) is 4.19. The molecule has 5 nitrogen and oxygen atoms in total. The van der Waals surface area contributed by atoms with Crippen molar-refractivity contribution < 1.29 is 19.4 Å². The van der Waals surface area contributed by atoms with Gasteiger partial charge in [-0.1, -0.05) is 11.6 Å². The number of hydrogen-bond acceptors (Lipinski definition) is 4. The molecule has 1 aromatic heterocycles. The van der Waals surface area contributed by atoms with Crippen LogP contribution in [0, 0.1) is 0 Å². The molecule has 0 radical (unpaired) electrons. The maximum absolute atomic E-state index is 12.1. The molecule has 0 aromatic carbocycles. The second kappa shape index (κ2) is 6.56. The normalized spacial score (nSPS) is 17.6. The molecule has 1 saturated heterocycles. The van der Waals surface area contributed by atoms with Crippen molar-refractivity contribution in [3.05, 3.63) is 21.3 Å². The molecule has 0 bridgehead atoms. The molecule has 0 saturated carbocycles. The molecule has 1 fully saturated rings. The summed E-state index contributed by atoms with van der Waals surface area (Å²) in [5.74, 6) is -1.09. The standard InChI is InChI=1S/C13H16ClNO4S/c14-10-2-1-9(20-10)7-11(16)15-13(8-12(17)18)3-5-19-6-4-13/h1-2H,3-8H2,(H,15,16)(H,17,18). The summed E-state index contributed by atoms with van der Waals surface area (Å²) >= 11 is 7.18. The summed E-state index contributed by atoms with van der Waals surface area (Å²) in [4.78, 5) is 24.0. The van der Waals surface area contributed by atoms with Crippen molar-refractivity contribution in [3.8, 4) is 0 Å². The predicted octanol–water partition coefficient (Wildman–Crippen LogP) is 2.08. The first kappa shape index (κ1) is 15.3. The first-order valence-corrected chi connectivity index (χ1v) is 7.53. The zero-order chi connectivity index (χ0) is 14.6. The van der Waals surface area contributed by atoms with Crippen molar-refractivity contribution in [3.63, 3.8) is 0 Å². The van der Waals surface area contributed by atoms with Gasteiger partial charge in [0.05, 0.1) is 22.7 Å². The Morgan fingerprint density at radius 2 is 2.10 bits per heavy atom. The molecule has 0 unspecified atom stereocenters. The lowest BCUT2D eigenvalue weighted by Crippen LogP contribution is -2.53. The van der Waals surface area contributed by atoms with Gasteiger partial charge in [0.1, 0.15) is 0 Å². The van der Waals surface area contributed by atoms with Crippen LogP contribution in [0.2, 0.25) is 4.34 Å². The van der Waals surface area contributed by atoms with Crippen LogP contribution in [0.15, 0.2) is 12.1 Å². The first-order valence-electron chi connectivity index (χ1n) is 6.34. The van der Waals surface area contributed by atoms with E-state index in [0.29, 0.717) is 30.4 Å². The second-order valence-corrected chi connectivity index (χ2v) is 6.69. The van der Waals surface area contributed by atoms with Crippen molar-refractivity contribution in [1.29, 1.82) is 0 Å². The van der Waals surface area contributed by atoms with Gasteiger partial charge in [-0.2, -0.15) is 0 Å². The van der Waals surface area contributed by atoms with Crippen molar-refractivity contribution in [2.24, 2.45) is 0 Å². The Morgan fingerprint density at radius 3 is 2.65 bits per heavy atom. The highest BCUT2D eigenvalue weighted by Gasteiger charge is 2.36. The molecule has 1 amide bonds. The lowest BCUT2D eigenvalue weighted by Gasteiger charge is -2.36.